The first-order valence-electron chi connectivity index (χ1n) is 9.55. The Hall–Kier alpha value is -3.43. The molecule has 2 N–H and O–H groups in total. The van der Waals surface area contributed by atoms with Crippen molar-refractivity contribution < 1.29 is 18.7 Å². The minimum Gasteiger partial charge on any atom is -0.496 e. The smallest absolute Gasteiger partial charge is 0.259 e. The topological polar surface area (TPSA) is 80.3 Å². The summed E-state index contributed by atoms with van der Waals surface area (Å²) in [5.74, 6) is -0.467. The Labute approximate surface area is 191 Å². The molecule has 1 aromatic heterocycles. The van der Waals surface area contributed by atoms with Crippen LogP contribution in [0.1, 0.15) is 10.4 Å². The summed E-state index contributed by atoms with van der Waals surface area (Å²) in [6.45, 7) is 0. The van der Waals surface area contributed by atoms with Crippen molar-refractivity contribution in [1.82, 2.24) is 4.98 Å². The molecule has 0 radical (unpaired) electrons. The lowest BCUT2D eigenvalue weighted by molar-refractivity contribution is -0.113. The number of thiazole rings is 1. The maximum Gasteiger partial charge on any atom is 0.259 e. The molecular formula is C23H18FN3O3S2. The first kappa shape index (κ1) is 21.8. The highest BCUT2D eigenvalue weighted by molar-refractivity contribution is 8.01. The Bertz CT molecular complexity index is 1290. The van der Waals surface area contributed by atoms with Gasteiger partial charge in [-0.15, -0.1) is 11.3 Å². The summed E-state index contributed by atoms with van der Waals surface area (Å²) in [5.41, 5.74) is 1.99. The first-order chi connectivity index (χ1) is 15.5. The van der Waals surface area contributed by atoms with E-state index < -0.39 is 5.82 Å². The maximum absolute atomic E-state index is 13.7. The third-order valence-electron chi connectivity index (χ3n) is 4.45. The molecule has 0 saturated heterocycles. The van der Waals surface area contributed by atoms with Crippen molar-refractivity contribution in [2.45, 2.75) is 4.34 Å². The molecule has 32 heavy (non-hydrogen) atoms. The quantitative estimate of drug-likeness (QED) is 0.355. The zero-order valence-electron chi connectivity index (χ0n) is 16.9. The zero-order chi connectivity index (χ0) is 22.5. The van der Waals surface area contributed by atoms with Gasteiger partial charge < -0.3 is 15.4 Å². The predicted octanol–water partition coefficient (Wildman–Crippen LogP) is 5.43. The highest BCUT2D eigenvalue weighted by atomic mass is 32.2. The van der Waals surface area contributed by atoms with E-state index in [-0.39, 0.29) is 23.3 Å². The lowest BCUT2D eigenvalue weighted by Gasteiger charge is -2.09. The van der Waals surface area contributed by atoms with Crippen molar-refractivity contribution in [3.8, 4) is 5.75 Å². The molecule has 0 saturated carbocycles. The van der Waals surface area contributed by atoms with Crippen molar-refractivity contribution in [3.05, 3.63) is 78.1 Å². The highest BCUT2D eigenvalue weighted by Gasteiger charge is 2.13. The molecule has 162 valence electrons. The Morgan fingerprint density at radius 1 is 1.06 bits per heavy atom. The highest BCUT2D eigenvalue weighted by Crippen LogP contribution is 2.31. The second kappa shape index (κ2) is 9.80. The lowest BCUT2D eigenvalue weighted by atomic mass is 10.2. The molecule has 3 aromatic carbocycles. The van der Waals surface area contributed by atoms with Gasteiger partial charge in [-0.25, -0.2) is 9.37 Å². The van der Waals surface area contributed by atoms with Gasteiger partial charge in [-0.05, 0) is 42.5 Å². The van der Waals surface area contributed by atoms with Crippen molar-refractivity contribution in [2.75, 3.05) is 23.5 Å². The summed E-state index contributed by atoms with van der Waals surface area (Å²) in [6, 6.07) is 18.4. The SMILES string of the molecule is COc1ccccc1C(=O)Nc1ccc2nc(SCC(=O)Nc3ccccc3F)sc2c1. The van der Waals surface area contributed by atoms with Crippen LogP contribution in [0, 0.1) is 5.82 Å². The van der Waals surface area contributed by atoms with E-state index in [1.807, 2.05) is 12.1 Å². The number of fused-ring (bicyclic) bond motifs is 1. The molecule has 0 unspecified atom stereocenters. The number of carbonyl (C=O) groups excluding carboxylic acids is 2. The molecule has 9 heteroatoms. The number of hydrogen-bond donors (Lipinski definition) is 2. The van der Waals surface area contributed by atoms with E-state index in [9.17, 15) is 14.0 Å². The van der Waals surface area contributed by atoms with Gasteiger partial charge in [0.15, 0.2) is 4.34 Å². The van der Waals surface area contributed by atoms with Gasteiger partial charge in [0.25, 0.3) is 5.91 Å². The summed E-state index contributed by atoms with van der Waals surface area (Å²) in [5, 5.41) is 5.42. The van der Waals surface area contributed by atoms with Crippen molar-refractivity contribution >= 4 is 56.5 Å². The van der Waals surface area contributed by atoms with Gasteiger partial charge in [0.2, 0.25) is 5.91 Å². The monoisotopic (exact) mass is 467 g/mol. The molecule has 0 aliphatic heterocycles. The van der Waals surface area contributed by atoms with E-state index in [0.717, 1.165) is 10.2 Å². The van der Waals surface area contributed by atoms with E-state index in [0.29, 0.717) is 21.3 Å². The van der Waals surface area contributed by atoms with Crippen LogP contribution in [0.4, 0.5) is 15.8 Å². The Morgan fingerprint density at radius 3 is 2.66 bits per heavy atom. The van der Waals surface area contributed by atoms with Crippen molar-refractivity contribution in [2.24, 2.45) is 0 Å². The number of halogens is 1. The average molecular weight is 468 g/mol. The van der Waals surface area contributed by atoms with Crippen LogP contribution in [-0.4, -0.2) is 29.7 Å². The molecule has 0 atom stereocenters. The number of thioether (sulfide) groups is 1. The Kier molecular flexibility index (Phi) is 6.67. The van der Waals surface area contributed by atoms with Crippen LogP contribution in [0.3, 0.4) is 0 Å². The number of hydrogen-bond acceptors (Lipinski definition) is 6. The summed E-state index contributed by atoms with van der Waals surface area (Å²) >= 11 is 2.69. The molecule has 0 bridgehead atoms. The van der Waals surface area contributed by atoms with Gasteiger partial charge in [0.05, 0.1) is 34.3 Å². The normalized spacial score (nSPS) is 10.7. The second-order valence-electron chi connectivity index (χ2n) is 6.63. The minimum atomic E-state index is -0.478. The molecule has 2 amide bonds. The number of methoxy groups -OCH3 is 1. The number of benzene rings is 3. The van der Waals surface area contributed by atoms with Crippen LogP contribution in [-0.2, 0) is 4.79 Å². The molecule has 0 aliphatic carbocycles. The second-order valence-corrected chi connectivity index (χ2v) is 8.89. The summed E-state index contributed by atoms with van der Waals surface area (Å²) < 4.78 is 20.5. The number of nitrogens with one attached hydrogen (secondary N) is 2. The van der Waals surface area contributed by atoms with Crippen LogP contribution >= 0.6 is 23.1 Å². The van der Waals surface area contributed by atoms with Gasteiger partial charge in [-0.1, -0.05) is 36.0 Å². The molecule has 0 aliphatic rings. The van der Waals surface area contributed by atoms with E-state index in [1.165, 1.54) is 42.3 Å². The molecule has 4 aromatic rings. The molecule has 1 heterocycles. The summed E-state index contributed by atoms with van der Waals surface area (Å²) in [6.07, 6.45) is 0. The fraction of sp³-hybridized carbons (Fsp3) is 0.0870. The number of nitrogens with zero attached hydrogens (tertiary/aromatic N) is 1. The van der Waals surface area contributed by atoms with Crippen molar-refractivity contribution in [3.63, 3.8) is 0 Å². The van der Waals surface area contributed by atoms with Crippen LogP contribution in [0.5, 0.6) is 5.75 Å². The number of anilines is 2. The van der Waals surface area contributed by atoms with Gasteiger partial charge in [0, 0.05) is 5.69 Å². The van der Waals surface area contributed by atoms with Crippen molar-refractivity contribution in [1.29, 1.82) is 0 Å². The van der Waals surface area contributed by atoms with E-state index in [2.05, 4.69) is 15.6 Å². The van der Waals surface area contributed by atoms with Crippen LogP contribution in [0.15, 0.2) is 71.1 Å². The molecule has 0 fully saturated rings. The number of para-hydroxylation sites is 2. The van der Waals surface area contributed by atoms with E-state index in [4.69, 9.17) is 4.74 Å². The number of ether oxygens (including phenoxy) is 1. The average Bonchev–Trinajstić information content (AvgIpc) is 3.21. The van der Waals surface area contributed by atoms with Gasteiger partial charge in [-0.2, -0.15) is 0 Å². The van der Waals surface area contributed by atoms with E-state index >= 15 is 0 Å². The van der Waals surface area contributed by atoms with Crippen LogP contribution < -0.4 is 15.4 Å². The maximum atomic E-state index is 13.7. The fourth-order valence-electron chi connectivity index (χ4n) is 2.95. The fourth-order valence-corrected chi connectivity index (χ4v) is 4.86. The molecular weight excluding hydrogens is 449 g/mol. The molecule has 6 nitrogen and oxygen atoms in total. The Morgan fingerprint density at radius 2 is 1.84 bits per heavy atom. The third-order valence-corrected chi connectivity index (χ3v) is 6.61. The first-order valence-corrected chi connectivity index (χ1v) is 11.4. The summed E-state index contributed by atoms with van der Waals surface area (Å²) in [4.78, 5) is 29.3. The largest absolute Gasteiger partial charge is 0.496 e. The molecule has 4 rings (SSSR count). The minimum absolute atomic E-state index is 0.103. The Balaban J connectivity index is 1.41. The number of aromatic nitrogens is 1. The molecule has 0 spiro atoms. The van der Waals surface area contributed by atoms with Crippen LogP contribution in [0.25, 0.3) is 10.2 Å². The predicted molar refractivity (Wildman–Crippen MR) is 126 cm³/mol. The van der Waals surface area contributed by atoms with E-state index in [1.54, 1.807) is 42.5 Å². The van der Waals surface area contributed by atoms with Crippen LogP contribution in [0.2, 0.25) is 0 Å². The standard InChI is InChI=1S/C23H18FN3O3S2/c1-30-19-9-5-2-6-15(19)22(29)25-14-10-11-18-20(12-14)32-23(27-18)31-13-21(28)26-17-8-4-3-7-16(17)24/h2-12H,13H2,1H3,(H,25,29)(H,26,28). The summed E-state index contributed by atoms with van der Waals surface area (Å²) in [7, 11) is 1.52. The number of rotatable bonds is 7. The van der Waals surface area contributed by atoms with Gasteiger partial charge in [0.1, 0.15) is 11.6 Å². The van der Waals surface area contributed by atoms with Gasteiger partial charge >= 0.3 is 0 Å². The van der Waals surface area contributed by atoms with Gasteiger partial charge in [-0.3, -0.25) is 9.59 Å². The number of carbonyl (C=O) groups is 2. The number of amides is 2. The lowest BCUT2D eigenvalue weighted by Crippen LogP contribution is -2.14. The zero-order valence-corrected chi connectivity index (χ0v) is 18.6. The third kappa shape index (κ3) is 5.06.